The Bertz CT molecular complexity index is 429. The highest BCUT2D eigenvalue weighted by atomic mass is 32.2. The Balaban J connectivity index is 2.20. The maximum Gasteiger partial charge on any atom is 0.321 e. The normalized spacial score (nSPS) is 22.8. The molecule has 1 saturated heterocycles. The largest absolute Gasteiger partial charge is 0.497 e. The van der Waals surface area contributed by atoms with E-state index in [1.165, 1.54) is 0 Å². The monoisotopic (exact) mass is 269 g/mol. The number of ether oxygens (including phenoxy) is 2. The molecule has 1 fully saturated rings. The molecular formula is C12H15NO4S. The first-order valence-corrected chi connectivity index (χ1v) is 6.52. The molecule has 18 heavy (non-hydrogen) atoms. The first kappa shape index (κ1) is 13.0. The average Bonchev–Trinajstić information content (AvgIpc) is 2.87. The van der Waals surface area contributed by atoms with Crippen LogP contribution < -0.4 is 14.8 Å². The molecule has 2 atom stereocenters. The van der Waals surface area contributed by atoms with Crippen molar-refractivity contribution in [3.8, 4) is 11.5 Å². The second-order valence-corrected chi connectivity index (χ2v) is 5.05. The summed E-state index contributed by atoms with van der Waals surface area (Å²) in [5, 5.41) is 12.0. The topological polar surface area (TPSA) is 67.8 Å². The SMILES string of the molecule is COc1cc(OC)cc([C@@H]2N[C@@H](C(=O)O)CS2)c1. The molecular weight excluding hydrogens is 254 g/mol. The van der Waals surface area contributed by atoms with Crippen molar-refractivity contribution in [3.05, 3.63) is 23.8 Å². The van der Waals surface area contributed by atoms with Crippen LogP contribution in [0.2, 0.25) is 0 Å². The highest BCUT2D eigenvalue weighted by Gasteiger charge is 2.30. The number of rotatable bonds is 4. The molecule has 0 aliphatic carbocycles. The molecule has 0 unspecified atom stereocenters. The Hall–Kier alpha value is -1.40. The summed E-state index contributed by atoms with van der Waals surface area (Å²) < 4.78 is 10.4. The van der Waals surface area contributed by atoms with Gasteiger partial charge >= 0.3 is 5.97 Å². The number of nitrogens with one attached hydrogen (secondary N) is 1. The standard InChI is InChI=1S/C12H15NO4S/c1-16-8-3-7(4-9(5-8)17-2)11-13-10(6-18-11)12(14)15/h3-5,10-11,13H,6H2,1-2H3,(H,14,15)/t10-,11-/m1/s1. The van der Waals surface area contributed by atoms with Crippen LogP contribution in [0.1, 0.15) is 10.9 Å². The third kappa shape index (κ3) is 2.70. The van der Waals surface area contributed by atoms with Gasteiger partial charge in [-0.05, 0) is 17.7 Å². The van der Waals surface area contributed by atoms with E-state index in [1.807, 2.05) is 12.1 Å². The molecule has 0 saturated carbocycles. The third-order valence-electron chi connectivity index (χ3n) is 2.76. The number of hydrogen-bond donors (Lipinski definition) is 2. The van der Waals surface area contributed by atoms with E-state index in [1.54, 1.807) is 32.0 Å². The fraction of sp³-hybridized carbons (Fsp3) is 0.417. The summed E-state index contributed by atoms with van der Waals surface area (Å²) in [7, 11) is 3.18. The first-order chi connectivity index (χ1) is 8.63. The minimum atomic E-state index is -0.820. The third-order valence-corrected chi connectivity index (χ3v) is 4.02. The van der Waals surface area contributed by atoms with Crippen LogP contribution in [0.5, 0.6) is 11.5 Å². The van der Waals surface area contributed by atoms with Gasteiger partial charge in [-0.1, -0.05) is 0 Å². The van der Waals surface area contributed by atoms with E-state index in [9.17, 15) is 4.79 Å². The smallest absolute Gasteiger partial charge is 0.321 e. The highest BCUT2D eigenvalue weighted by Crippen LogP contribution is 2.36. The van der Waals surface area contributed by atoms with Gasteiger partial charge in [0.05, 0.1) is 19.6 Å². The predicted octanol–water partition coefficient (Wildman–Crippen LogP) is 1.49. The van der Waals surface area contributed by atoms with E-state index < -0.39 is 12.0 Å². The van der Waals surface area contributed by atoms with Crippen molar-refractivity contribution in [2.45, 2.75) is 11.4 Å². The quantitative estimate of drug-likeness (QED) is 0.863. The zero-order valence-corrected chi connectivity index (χ0v) is 11.0. The van der Waals surface area contributed by atoms with Crippen LogP contribution >= 0.6 is 11.8 Å². The van der Waals surface area contributed by atoms with Crippen LogP contribution in [0, 0.1) is 0 Å². The minimum Gasteiger partial charge on any atom is -0.497 e. The lowest BCUT2D eigenvalue weighted by molar-refractivity contribution is -0.138. The van der Waals surface area contributed by atoms with Gasteiger partial charge < -0.3 is 14.6 Å². The van der Waals surface area contributed by atoms with E-state index in [2.05, 4.69) is 5.32 Å². The molecule has 0 amide bonds. The number of carbonyl (C=O) groups is 1. The minimum absolute atomic E-state index is 0.0462. The molecule has 1 aliphatic heterocycles. The average molecular weight is 269 g/mol. The molecule has 0 radical (unpaired) electrons. The van der Waals surface area contributed by atoms with Crippen molar-refractivity contribution in [2.24, 2.45) is 0 Å². The van der Waals surface area contributed by atoms with Crippen LogP contribution in [0.4, 0.5) is 0 Å². The second-order valence-electron chi connectivity index (χ2n) is 3.92. The molecule has 0 spiro atoms. The summed E-state index contributed by atoms with van der Waals surface area (Å²) in [6.45, 7) is 0. The summed E-state index contributed by atoms with van der Waals surface area (Å²) in [5.41, 5.74) is 0.958. The van der Waals surface area contributed by atoms with Gasteiger partial charge in [-0.15, -0.1) is 11.8 Å². The summed E-state index contributed by atoms with van der Waals surface area (Å²) in [6, 6.07) is 5.06. The van der Waals surface area contributed by atoms with Gasteiger partial charge in [0.15, 0.2) is 0 Å². The number of carboxylic acid groups (broad SMARTS) is 1. The van der Waals surface area contributed by atoms with Gasteiger partial charge in [0.1, 0.15) is 17.5 Å². The molecule has 0 aromatic heterocycles. The van der Waals surface area contributed by atoms with Crippen molar-refractivity contribution in [2.75, 3.05) is 20.0 Å². The Morgan fingerprint density at radius 2 is 1.94 bits per heavy atom. The Morgan fingerprint density at radius 3 is 2.39 bits per heavy atom. The van der Waals surface area contributed by atoms with E-state index in [-0.39, 0.29) is 5.37 Å². The first-order valence-electron chi connectivity index (χ1n) is 5.47. The van der Waals surface area contributed by atoms with Crippen molar-refractivity contribution >= 4 is 17.7 Å². The maximum absolute atomic E-state index is 10.9. The van der Waals surface area contributed by atoms with Gasteiger partial charge in [0, 0.05) is 11.8 Å². The molecule has 1 aliphatic rings. The summed E-state index contributed by atoms with van der Waals surface area (Å²) in [6.07, 6.45) is 0. The van der Waals surface area contributed by atoms with Crippen LogP contribution in [0.15, 0.2) is 18.2 Å². The fourth-order valence-corrected chi connectivity index (χ4v) is 3.00. The van der Waals surface area contributed by atoms with E-state index in [4.69, 9.17) is 14.6 Å². The molecule has 6 heteroatoms. The lowest BCUT2D eigenvalue weighted by Gasteiger charge is -2.14. The molecule has 1 aromatic rings. The van der Waals surface area contributed by atoms with Gasteiger partial charge in [0.25, 0.3) is 0 Å². The van der Waals surface area contributed by atoms with Crippen molar-refractivity contribution < 1.29 is 19.4 Å². The molecule has 0 bridgehead atoms. The van der Waals surface area contributed by atoms with Gasteiger partial charge in [-0.25, -0.2) is 0 Å². The van der Waals surface area contributed by atoms with Crippen LogP contribution in [0.25, 0.3) is 0 Å². The van der Waals surface area contributed by atoms with Gasteiger partial charge in [0.2, 0.25) is 0 Å². The molecule has 5 nitrogen and oxygen atoms in total. The Kier molecular flexibility index (Phi) is 3.98. The number of thioether (sulfide) groups is 1. The number of carboxylic acids is 1. The predicted molar refractivity (Wildman–Crippen MR) is 69.3 cm³/mol. The second kappa shape index (κ2) is 5.49. The zero-order valence-electron chi connectivity index (χ0n) is 10.2. The van der Waals surface area contributed by atoms with Crippen molar-refractivity contribution in [1.82, 2.24) is 5.32 Å². The fourth-order valence-electron chi connectivity index (χ4n) is 1.79. The van der Waals surface area contributed by atoms with E-state index in [0.717, 1.165) is 5.56 Å². The van der Waals surface area contributed by atoms with Crippen LogP contribution in [0.3, 0.4) is 0 Å². The Labute approximate surface area is 109 Å². The van der Waals surface area contributed by atoms with E-state index in [0.29, 0.717) is 17.3 Å². The number of methoxy groups -OCH3 is 2. The lowest BCUT2D eigenvalue weighted by Crippen LogP contribution is -2.33. The summed E-state index contributed by atoms with van der Waals surface area (Å²) in [4.78, 5) is 10.9. The molecule has 2 N–H and O–H groups in total. The maximum atomic E-state index is 10.9. The summed E-state index contributed by atoms with van der Waals surface area (Å²) in [5.74, 6) is 1.13. The highest BCUT2D eigenvalue weighted by molar-refractivity contribution is 7.99. The molecule has 1 heterocycles. The van der Waals surface area contributed by atoms with Gasteiger partial charge in [-0.2, -0.15) is 0 Å². The Morgan fingerprint density at radius 1 is 1.33 bits per heavy atom. The van der Waals surface area contributed by atoms with Crippen LogP contribution in [-0.4, -0.2) is 37.1 Å². The zero-order chi connectivity index (χ0) is 13.1. The van der Waals surface area contributed by atoms with Crippen molar-refractivity contribution in [1.29, 1.82) is 0 Å². The number of hydrogen-bond acceptors (Lipinski definition) is 5. The van der Waals surface area contributed by atoms with Crippen LogP contribution in [-0.2, 0) is 4.79 Å². The number of aliphatic carboxylic acids is 1. The number of benzene rings is 1. The molecule has 1 aromatic carbocycles. The lowest BCUT2D eigenvalue weighted by atomic mass is 10.2. The molecule has 2 rings (SSSR count). The van der Waals surface area contributed by atoms with Gasteiger partial charge in [-0.3, -0.25) is 10.1 Å². The van der Waals surface area contributed by atoms with E-state index >= 15 is 0 Å². The molecule has 98 valence electrons. The summed E-state index contributed by atoms with van der Waals surface area (Å²) >= 11 is 1.57. The van der Waals surface area contributed by atoms with Crippen molar-refractivity contribution in [3.63, 3.8) is 0 Å².